The van der Waals surface area contributed by atoms with Crippen LogP contribution in [0.2, 0.25) is 0 Å². The van der Waals surface area contributed by atoms with Crippen LogP contribution in [0.4, 0.5) is 5.69 Å². The molecular weight excluding hydrogens is 322 g/mol. The van der Waals surface area contributed by atoms with Crippen molar-refractivity contribution >= 4 is 17.0 Å². The van der Waals surface area contributed by atoms with Gasteiger partial charge in [-0.1, -0.05) is 0 Å². The fourth-order valence-electron chi connectivity index (χ4n) is 2.96. The number of hydrogen-bond acceptors (Lipinski definition) is 6. The van der Waals surface area contributed by atoms with Crippen molar-refractivity contribution in [3.8, 4) is 0 Å². The second-order valence-electron chi connectivity index (χ2n) is 6.17. The first-order chi connectivity index (χ1) is 11.7. The molecule has 0 saturated carbocycles. The first kappa shape index (κ1) is 15.3. The Bertz CT molecular complexity index is 825. The van der Waals surface area contributed by atoms with E-state index in [0.717, 1.165) is 47.5 Å². The van der Waals surface area contributed by atoms with Gasteiger partial charge in [0, 0.05) is 24.0 Å². The molecule has 126 valence electrons. The summed E-state index contributed by atoms with van der Waals surface area (Å²) in [6.07, 6.45) is 7.31. The van der Waals surface area contributed by atoms with Gasteiger partial charge in [0.15, 0.2) is 5.82 Å². The van der Waals surface area contributed by atoms with Crippen molar-refractivity contribution < 1.29 is 0 Å². The number of aryl methyl sites for hydroxylation is 3. The van der Waals surface area contributed by atoms with Crippen LogP contribution in [0.5, 0.6) is 0 Å². The number of thiazole rings is 1. The summed E-state index contributed by atoms with van der Waals surface area (Å²) >= 11 is 1.74. The molecule has 3 aromatic rings. The van der Waals surface area contributed by atoms with Crippen LogP contribution in [0.15, 0.2) is 12.4 Å². The minimum Gasteiger partial charge on any atom is -0.376 e. The standard InChI is InChI=1S/C16H21N7S/c1-11-12(2)24-16(19-11)8-17-13-7-18-22(9-13)10-15-21-20-14-5-3-4-6-23(14)15/h7,9,17H,3-6,8,10H2,1-2H3. The quantitative estimate of drug-likeness (QED) is 0.771. The predicted octanol–water partition coefficient (Wildman–Crippen LogP) is 2.54. The highest BCUT2D eigenvalue weighted by molar-refractivity contribution is 7.11. The van der Waals surface area contributed by atoms with E-state index in [9.17, 15) is 0 Å². The molecule has 4 rings (SSSR count). The van der Waals surface area contributed by atoms with Crippen molar-refractivity contribution in [3.63, 3.8) is 0 Å². The van der Waals surface area contributed by atoms with Crippen molar-refractivity contribution in [1.82, 2.24) is 29.5 Å². The van der Waals surface area contributed by atoms with Crippen molar-refractivity contribution in [2.24, 2.45) is 0 Å². The smallest absolute Gasteiger partial charge is 0.154 e. The largest absolute Gasteiger partial charge is 0.376 e. The lowest BCUT2D eigenvalue weighted by Gasteiger charge is -2.14. The Morgan fingerprint density at radius 2 is 2.17 bits per heavy atom. The van der Waals surface area contributed by atoms with Crippen LogP contribution < -0.4 is 5.32 Å². The summed E-state index contributed by atoms with van der Waals surface area (Å²) in [6.45, 7) is 6.56. The fraction of sp³-hybridized carbons (Fsp3) is 0.500. The first-order valence-corrected chi connectivity index (χ1v) is 9.11. The van der Waals surface area contributed by atoms with Crippen LogP contribution in [-0.4, -0.2) is 29.5 Å². The molecular formula is C16H21N7S. The molecule has 0 amide bonds. The molecule has 8 heteroatoms. The zero-order valence-corrected chi connectivity index (χ0v) is 14.8. The molecule has 0 saturated heterocycles. The van der Waals surface area contributed by atoms with Gasteiger partial charge in [-0.3, -0.25) is 4.68 Å². The topological polar surface area (TPSA) is 73.5 Å². The van der Waals surface area contributed by atoms with Gasteiger partial charge in [-0.2, -0.15) is 5.10 Å². The molecule has 7 nitrogen and oxygen atoms in total. The third-order valence-corrected chi connectivity index (χ3v) is 5.46. The molecule has 0 aliphatic carbocycles. The molecule has 3 aromatic heterocycles. The summed E-state index contributed by atoms with van der Waals surface area (Å²) in [6, 6.07) is 0. The highest BCUT2D eigenvalue weighted by atomic mass is 32.1. The summed E-state index contributed by atoms with van der Waals surface area (Å²) in [4.78, 5) is 5.83. The summed E-state index contributed by atoms with van der Waals surface area (Å²) in [5.41, 5.74) is 2.11. The number of fused-ring (bicyclic) bond motifs is 1. The van der Waals surface area contributed by atoms with E-state index in [-0.39, 0.29) is 0 Å². The lowest BCUT2D eigenvalue weighted by atomic mass is 10.2. The van der Waals surface area contributed by atoms with Gasteiger partial charge in [0.05, 0.1) is 24.1 Å². The molecule has 0 atom stereocenters. The minimum absolute atomic E-state index is 0.657. The van der Waals surface area contributed by atoms with Crippen LogP contribution in [-0.2, 0) is 26.1 Å². The summed E-state index contributed by atoms with van der Waals surface area (Å²) in [5.74, 6) is 2.10. The van der Waals surface area contributed by atoms with Crippen LogP contribution in [0, 0.1) is 13.8 Å². The van der Waals surface area contributed by atoms with Gasteiger partial charge in [-0.25, -0.2) is 4.98 Å². The predicted molar refractivity (Wildman–Crippen MR) is 93.2 cm³/mol. The van der Waals surface area contributed by atoms with Crippen LogP contribution in [0.25, 0.3) is 0 Å². The second kappa shape index (κ2) is 6.35. The highest BCUT2D eigenvalue weighted by Crippen LogP contribution is 2.18. The Labute approximate surface area is 144 Å². The summed E-state index contributed by atoms with van der Waals surface area (Å²) in [7, 11) is 0. The van der Waals surface area contributed by atoms with E-state index in [0.29, 0.717) is 6.54 Å². The molecule has 24 heavy (non-hydrogen) atoms. The molecule has 0 unspecified atom stereocenters. The van der Waals surface area contributed by atoms with Gasteiger partial charge in [-0.05, 0) is 26.7 Å². The number of nitrogens with zero attached hydrogens (tertiary/aromatic N) is 6. The molecule has 0 bridgehead atoms. The average molecular weight is 343 g/mol. The lowest BCUT2D eigenvalue weighted by Crippen LogP contribution is -2.15. The van der Waals surface area contributed by atoms with Gasteiger partial charge < -0.3 is 9.88 Å². The SMILES string of the molecule is Cc1nc(CNc2cnn(Cc3nnc4n3CCCC4)c2)sc1C. The molecule has 4 heterocycles. The molecule has 0 fully saturated rings. The number of hydrogen-bond donors (Lipinski definition) is 1. The molecule has 1 aliphatic heterocycles. The average Bonchev–Trinajstić information content (AvgIpc) is 3.27. The lowest BCUT2D eigenvalue weighted by molar-refractivity contribution is 0.496. The maximum absolute atomic E-state index is 4.55. The number of rotatable bonds is 5. The Hall–Kier alpha value is -2.22. The van der Waals surface area contributed by atoms with Gasteiger partial charge in [0.2, 0.25) is 0 Å². The Kier molecular flexibility index (Phi) is 4.05. The van der Waals surface area contributed by atoms with E-state index >= 15 is 0 Å². The number of nitrogens with one attached hydrogen (secondary N) is 1. The van der Waals surface area contributed by atoms with Crippen molar-refractivity contribution in [2.75, 3.05) is 5.32 Å². The third-order valence-electron chi connectivity index (χ3n) is 4.39. The number of anilines is 1. The van der Waals surface area contributed by atoms with Crippen molar-refractivity contribution in [2.45, 2.75) is 52.7 Å². The molecule has 1 aliphatic rings. The fourth-order valence-corrected chi connectivity index (χ4v) is 3.84. The van der Waals surface area contributed by atoms with E-state index < -0.39 is 0 Å². The van der Waals surface area contributed by atoms with Gasteiger partial charge >= 0.3 is 0 Å². The normalized spacial score (nSPS) is 13.9. The van der Waals surface area contributed by atoms with Gasteiger partial charge in [0.25, 0.3) is 0 Å². The Balaban J connectivity index is 1.40. The van der Waals surface area contributed by atoms with Crippen LogP contribution in [0.1, 0.15) is 40.1 Å². The molecule has 0 aromatic carbocycles. The zero-order chi connectivity index (χ0) is 16.5. The minimum atomic E-state index is 0.657. The maximum Gasteiger partial charge on any atom is 0.154 e. The van der Waals surface area contributed by atoms with E-state index in [2.05, 4.69) is 37.1 Å². The second-order valence-corrected chi connectivity index (χ2v) is 7.46. The van der Waals surface area contributed by atoms with Crippen molar-refractivity contribution in [1.29, 1.82) is 0 Å². The van der Waals surface area contributed by atoms with Crippen LogP contribution in [0.3, 0.4) is 0 Å². The molecule has 0 radical (unpaired) electrons. The number of aromatic nitrogens is 6. The van der Waals surface area contributed by atoms with E-state index in [1.54, 1.807) is 11.3 Å². The zero-order valence-electron chi connectivity index (χ0n) is 14.0. The monoisotopic (exact) mass is 343 g/mol. The van der Waals surface area contributed by atoms with Gasteiger partial charge in [-0.15, -0.1) is 21.5 Å². The highest BCUT2D eigenvalue weighted by Gasteiger charge is 2.16. The Morgan fingerprint density at radius 3 is 3.00 bits per heavy atom. The summed E-state index contributed by atoms with van der Waals surface area (Å²) in [5, 5.41) is 17.5. The Morgan fingerprint density at radius 1 is 1.25 bits per heavy atom. The van der Waals surface area contributed by atoms with Crippen LogP contribution >= 0.6 is 11.3 Å². The third kappa shape index (κ3) is 3.06. The van der Waals surface area contributed by atoms with E-state index in [4.69, 9.17) is 0 Å². The molecule has 0 spiro atoms. The maximum atomic E-state index is 4.55. The first-order valence-electron chi connectivity index (χ1n) is 8.29. The van der Waals surface area contributed by atoms with E-state index in [1.807, 2.05) is 24.0 Å². The summed E-state index contributed by atoms with van der Waals surface area (Å²) < 4.78 is 4.14. The van der Waals surface area contributed by atoms with Gasteiger partial charge in [0.1, 0.15) is 17.4 Å². The van der Waals surface area contributed by atoms with E-state index in [1.165, 1.54) is 17.7 Å². The van der Waals surface area contributed by atoms with Crippen molar-refractivity contribution in [3.05, 3.63) is 39.6 Å². The molecule has 1 N–H and O–H groups in total.